The summed E-state index contributed by atoms with van der Waals surface area (Å²) in [5.41, 5.74) is 3.24. The number of nitrogens with one attached hydrogen (secondary N) is 1. The lowest BCUT2D eigenvalue weighted by Crippen LogP contribution is -2.37. The van der Waals surface area contributed by atoms with E-state index in [9.17, 15) is 8.42 Å². The maximum Gasteiger partial charge on any atom is 0.282 e. The maximum absolute atomic E-state index is 13.3. The van der Waals surface area contributed by atoms with Gasteiger partial charge < -0.3 is 0 Å². The third kappa shape index (κ3) is 2.05. The van der Waals surface area contributed by atoms with Gasteiger partial charge in [-0.15, -0.1) is 0 Å². The first-order valence-corrected chi connectivity index (χ1v) is 9.16. The van der Waals surface area contributed by atoms with Crippen molar-refractivity contribution in [3.05, 3.63) is 60.4 Å². The second-order valence-electron chi connectivity index (χ2n) is 5.61. The van der Waals surface area contributed by atoms with Gasteiger partial charge in [-0.05, 0) is 24.6 Å². The molecule has 7 heteroatoms. The molecule has 24 heavy (non-hydrogen) atoms. The van der Waals surface area contributed by atoms with Crippen molar-refractivity contribution < 1.29 is 8.42 Å². The molecule has 1 aliphatic heterocycles. The second kappa shape index (κ2) is 5.45. The molecule has 0 saturated carbocycles. The Hall–Kier alpha value is -2.67. The second-order valence-corrected chi connectivity index (χ2v) is 7.37. The standard InChI is InChI=1S/C17H16N4O2S/c1-2-14-13-11-19-20-17(13)12-7-3-4-8-15(12)21(14)24(22,23)16-9-5-6-10-18-16/h3-11,14H,2H2,1H3,(H,19,20). The van der Waals surface area contributed by atoms with Crippen LogP contribution >= 0.6 is 0 Å². The lowest BCUT2D eigenvalue weighted by atomic mass is 9.94. The Bertz CT molecular complexity index is 983. The van der Waals surface area contributed by atoms with Crippen molar-refractivity contribution in [2.24, 2.45) is 0 Å². The zero-order chi connectivity index (χ0) is 16.7. The molecular formula is C17H16N4O2S. The minimum Gasteiger partial charge on any atom is -0.277 e. The van der Waals surface area contributed by atoms with Crippen molar-refractivity contribution in [3.8, 4) is 11.3 Å². The van der Waals surface area contributed by atoms with E-state index in [2.05, 4.69) is 15.2 Å². The Balaban J connectivity index is 1.98. The Labute approximate surface area is 140 Å². The smallest absolute Gasteiger partial charge is 0.277 e. The van der Waals surface area contributed by atoms with Gasteiger partial charge in [0.2, 0.25) is 0 Å². The average Bonchev–Trinajstić information content (AvgIpc) is 3.11. The van der Waals surface area contributed by atoms with Crippen molar-refractivity contribution >= 4 is 15.7 Å². The molecule has 0 radical (unpaired) electrons. The van der Waals surface area contributed by atoms with Gasteiger partial charge in [-0.3, -0.25) is 9.40 Å². The predicted octanol–water partition coefficient (Wildman–Crippen LogP) is 3.13. The van der Waals surface area contributed by atoms with Crippen LogP contribution in [0.2, 0.25) is 0 Å². The van der Waals surface area contributed by atoms with Crippen LogP contribution in [0, 0.1) is 0 Å². The number of hydrogen-bond donors (Lipinski definition) is 1. The highest BCUT2D eigenvalue weighted by Crippen LogP contribution is 2.46. The molecule has 3 heterocycles. The van der Waals surface area contributed by atoms with Crippen LogP contribution in [-0.4, -0.2) is 23.6 Å². The van der Waals surface area contributed by atoms with E-state index in [0.29, 0.717) is 12.1 Å². The van der Waals surface area contributed by atoms with E-state index in [1.165, 1.54) is 16.6 Å². The molecule has 1 N–H and O–H groups in total. The van der Waals surface area contributed by atoms with Crippen LogP contribution in [0.15, 0.2) is 59.9 Å². The van der Waals surface area contributed by atoms with Crippen LogP contribution in [0.3, 0.4) is 0 Å². The minimum atomic E-state index is -3.78. The van der Waals surface area contributed by atoms with Crippen LogP contribution in [0.25, 0.3) is 11.3 Å². The molecule has 0 aliphatic carbocycles. The molecule has 1 unspecified atom stereocenters. The molecule has 1 aliphatic rings. The van der Waals surface area contributed by atoms with Gasteiger partial charge in [0.25, 0.3) is 10.0 Å². The summed E-state index contributed by atoms with van der Waals surface area (Å²) in [7, 11) is -3.78. The molecule has 0 saturated heterocycles. The Morgan fingerprint density at radius 1 is 1.17 bits per heavy atom. The number of nitrogens with zero attached hydrogens (tertiary/aromatic N) is 3. The van der Waals surface area contributed by atoms with Gasteiger partial charge >= 0.3 is 0 Å². The first-order valence-electron chi connectivity index (χ1n) is 7.72. The molecule has 0 fully saturated rings. The Morgan fingerprint density at radius 2 is 1.96 bits per heavy atom. The summed E-state index contributed by atoms with van der Waals surface area (Å²) in [5.74, 6) is 0. The normalized spacial score (nSPS) is 16.5. The lowest BCUT2D eigenvalue weighted by Gasteiger charge is -2.36. The first-order chi connectivity index (χ1) is 11.6. The van der Waals surface area contributed by atoms with Crippen LogP contribution in [0.1, 0.15) is 24.9 Å². The molecule has 2 aromatic heterocycles. The zero-order valence-electron chi connectivity index (χ0n) is 13.0. The van der Waals surface area contributed by atoms with E-state index in [4.69, 9.17) is 0 Å². The number of sulfonamides is 1. The number of fused-ring (bicyclic) bond motifs is 3. The van der Waals surface area contributed by atoms with Gasteiger partial charge in [-0.25, -0.2) is 4.98 Å². The number of benzene rings is 1. The highest BCUT2D eigenvalue weighted by molar-refractivity contribution is 7.92. The van der Waals surface area contributed by atoms with Crippen molar-refractivity contribution in [3.63, 3.8) is 0 Å². The van der Waals surface area contributed by atoms with Crippen molar-refractivity contribution in [2.75, 3.05) is 4.31 Å². The molecular weight excluding hydrogens is 324 g/mol. The molecule has 3 aromatic rings. The summed E-state index contributed by atoms with van der Waals surface area (Å²) in [6, 6.07) is 12.0. The number of aromatic nitrogens is 3. The van der Waals surface area contributed by atoms with Gasteiger partial charge in [0, 0.05) is 17.3 Å². The van der Waals surface area contributed by atoms with E-state index >= 15 is 0 Å². The maximum atomic E-state index is 13.3. The van der Waals surface area contributed by atoms with E-state index < -0.39 is 10.0 Å². The minimum absolute atomic E-state index is 0.0465. The highest BCUT2D eigenvalue weighted by Gasteiger charge is 2.39. The number of H-pyrrole nitrogens is 1. The number of pyridine rings is 1. The van der Waals surface area contributed by atoms with Crippen LogP contribution in [0.4, 0.5) is 5.69 Å². The molecule has 0 bridgehead atoms. The van der Waals surface area contributed by atoms with E-state index in [-0.39, 0.29) is 11.1 Å². The highest BCUT2D eigenvalue weighted by atomic mass is 32.2. The topological polar surface area (TPSA) is 79.0 Å². The van der Waals surface area contributed by atoms with E-state index in [1.807, 2.05) is 31.2 Å². The number of hydrogen-bond acceptors (Lipinski definition) is 4. The summed E-state index contributed by atoms with van der Waals surface area (Å²) < 4.78 is 28.0. The molecule has 1 aromatic carbocycles. The van der Waals surface area contributed by atoms with Gasteiger partial charge in [-0.1, -0.05) is 31.2 Å². The van der Waals surface area contributed by atoms with Crippen molar-refractivity contribution in [1.82, 2.24) is 15.2 Å². The van der Waals surface area contributed by atoms with Gasteiger partial charge in [0.05, 0.1) is 23.6 Å². The number of para-hydroxylation sites is 1. The number of rotatable bonds is 3. The summed E-state index contributed by atoms with van der Waals surface area (Å²) in [6.07, 6.45) is 3.83. The van der Waals surface area contributed by atoms with Gasteiger partial charge in [0.15, 0.2) is 5.03 Å². The van der Waals surface area contributed by atoms with Crippen LogP contribution in [0.5, 0.6) is 0 Å². The molecule has 6 nitrogen and oxygen atoms in total. The third-order valence-electron chi connectivity index (χ3n) is 4.27. The quantitative estimate of drug-likeness (QED) is 0.794. The van der Waals surface area contributed by atoms with Gasteiger partial charge in [-0.2, -0.15) is 13.5 Å². The molecule has 4 rings (SSSR count). The first kappa shape index (κ1) is 14.9. The van der Waals surface area contributed by atoms with Crippen molar-refractivity contribution in [1.29, 1.82) is 0 Å². The number of anilines is 1. The Kier molecular flexibility index (Phi) is 3.38. The number of aromatic amines is 1. The fourth-order valence-corrected chi connectivity index (χ4v) is 4.88. The lowest BCUT2D eigenvalue weighted by molar-refractivity contribution is 0.569. The monoisotopic (exact) mass is 340 g/mol. The van der Waals surface area contributed by atoms with E-state index in [0.717, 1.165) is 16.8 Å². The van der Waals surface area contributed by atoms with Crippen molar-refractivity contribution in [2.45, 2.75) is 24.4 Å². The SMILES string of the molecule is CCC1c2cn[nH]c2-c2ccccc2N1S(=O)(=O)c1ccccn1. The summed E-state index contributed by atoms with van der Waals surface area (Å²) in [5, 5.41) is 7.18. The molecule has 0 spiro atoms. The largest absolute Gasteiger partial charge is 0.282 e. The fourth-order valence-electron chi connectivity index (χ4n) is 3.22. The average molecular weight is 340 g/mol. The van der Waals surface area contributed by atoms with Gasteiger partial charge in [0.1, 0.15) is 0 Å². The molecule has 0 amide bonds. The van der Waals surface area contributed by atoms with Crippen LogP contribution in [-0.2, 0) is 10.0 Å². The third-order valence-corrected chi connectivity index (χ3v) is 6.01. The predicted molar refractivity (Wildman–Crippen MR) is 91.0 cm³/mol. The fraction of sp³-hybridized carbons (Fsp3) is 0.176. The van der Waals surface area contributed by atoms with Crippen LogP contribution < -0.4 is 4.31 Å². The van der Waals surface area contributed by atoms with E-state index in [1.54, 1.807) is 18.3 Å². The molecule has 1 atom stereocenters. The summed E-state index contributed by atoms with van der Waals surface area (Å²) in [6.45, 7) is 1.97. The summed E-state index contributed by atoms with van der Waals surface area (Å²) >= 11 is 0. The zero-order valence-corrected chi connectivity index (χ0v) is 13.9. The summed E-state index contributed by atoms with van der Waals surface area (Å²) in [4.78, 5) is 4.06. The Morgan fingerprint density at radius 3 is 2.71 bits per heavy atom. The molecule has 122 valence electrons.